The average Bonchev–Trinajstić information content (AvgIpc) is 3.46. The number of nitrogens with zero attached hydrogens (tertiary/aromatic N) is 2. The lowest BCUT2D eigenvalue weighted by Crippen LogP contribution is -2.41. The van der Waals surface area contributed by atoms with Crippen LogP contribution in [0.25, 0.3) is 0 Å². The molecule has 2 N–H and O–H groups in total. The third-order valence-electron chi connectivity index (χ3n) is 5.14. The van der Waals surface area contributed by atoms with Crippen LogP contribution in [0.4, 0.5) is 10.8 Å². The van der Waals surface area contributed by atoms with E-state index in [4.69, 9.17) is 0 Å². The highest BCUT2D eigenvalue weighted by atomic mass is 32.1. The summed E-state index contributed by atoms with van der Waals surface area (Å²) in [6.07, 6.45) is 1.24. The normalized spacial score (nSPS) is 14.3. The van der Waals surface area contributed by atoms with Crippen LogP contribution in [0.3, 0.4) is 0 Å². The molecule has 0 saturated carbocycles. The molecule has 1 aliphatic rings. The Labute approximate surface area is 188 Å². The van der Waals surface area contributed by atoms with Gasteiger partial charge in [0.15, 0.2) is 5.13 Å². The van der Waals surface area contributed by atoms with Gasteiger partial charge in [0, 0.05) is 35.6 Å². The second-order valence-electron chi connectivity index (χ2n) is 7.36. The van der Waals surface area contributed by atoms with Gasteiger partial charge < -0.3 is 15.5 Å². The number of aromatic nitrogens is 1. The van der Waals surface area contributed by atoms with Gasteiger partial charge in [0.05, 0.1) is 10.6 Å². The molecule has 0 bridgehead atoms. The van der Waals surface area contributed by atoms with Crippen LogP contribution in [0.2, 0.25) is 0 Å². The van der Waals surface area contributed by atoms with Crippen molar-refractivity contribution in [1.82, 2.24) is 9.88 Å². The van der Waals surface area contributed by atoms with Crippen LogP contribution < -0.4 is 10.6 Å². The van der Waals surface area contributed by atoms with E-state index < -0.39 is 0 Å². The van der Waals surface area contributed by atoms with Crippen molar-refractivity contribution in [3.63, 3.8) is 0 Å². The SMILES string of the molecule is Cc1csc(NC(=O)C2CCN(C(=O)c3ccc(NC(=O)c4cccs4)cc3)CC2)n1. The molecule has 0 unspecified atom stereocenters. The summed E-state index contributed by atoms with van der Waals surface area (Å²) in [6.45, 7) is 2.95. The van der Waals surface area contributed by atoms with Crippen LogP contribution in [-0.4, -0.2) is 40.7 Å². The number of hydrogen-bond acceptors (Lipinski definition) is 6. The molecule has 4 rings (SSSR count). The third-order valence-corrected chi connectivity index (χ3v) is 6.88. The van der Waals surface area contributed by atoms with Gasteiger partial charge in [-0.1, -0.05) is 6.07 Å². The fraction of sp³-hybridized carbons (Fsp3) is 0.273. The van der Waals surface area contributed by atoms with Crippen LogP contribution in [0.5, 0.6) is 0 Å². The van der Waals surface area contributed by atoms with E-state index in [1.54, 1.807) is 35.2 Å². The minimum Gasteiger partial charge on any atom is -0.339 e. The lowest BCUT2D eigenvalue weighted by molar-refractivity contribution is -0.121. The van der Waals surface area contributed by atoms with E-state index >= 15 is 0 Å². The topological polar surface area (TPSA) is 91.4 Å². The number of thiophene rings is 1. The minimum absolute atomic E-state index is 0.0349. The Kier molecular flexibility index (Phi) is 6.43. The first-order valence-corrected chi connectivity index (χ1v) is 11.7. The van der Waals surface area contributed by atoms with E-state index in [1.165, 1.54) is 22.7 Å². The van der Waals surface area contributed by atoms with Crippen molar-refractivity contribution in [3.8, 4) is 0 Å². The summed E-state index contributed by atoms with van der Waals surface area (Å²) in [5.41, 5.74) is 2.09. The number of anilines is 2. The molecule has 0 atom stereocenters. The van der Waals surface area contributed by atoms with Gasteiger partial charge in [-0.25, -0.2) is 4.98 Å². The first-order valence-electron chi connectivity index (χ1n) is 9.97. The number of likely N-dealkylation sites (tertiary alicyclic amines) is 1. The third kappa shape index (κ3) is 5.18. The summed E-state index contributed by atoms with van der Waals surface area (Å²) < 4.78 is 0. The second kappa shape index (κ2) is 9.40. The zero-order chi connectivity index (χ0) is 21.8. The Bertz CT molecular complexity index is 1070. The Morgan fingerprint density at radius 3 is 2.39 bits per heavy atom. The largest absolute Gasteiger partial charge is 0.339 e. The van der Waals surface area contributed by atoms with Crippen molar-refractivity contribution in [1.29, 1.82) is 0 Å². The van der Waals surface area contributed by atoms with E-state index in [0.717, 1.165) is 5.69 Å². The first kappa shape index (κ1) is 21.2. The summed E-state index contributed by atoms with van der Waals surface area (Å²) >= 11 is 2.79. The monoisotopic (exact) mass is 454 g/mol. The van der Waals surface area contributed by atoms with Crippen molar-refractivity contribution >= 4 is 51.2 Å². The van der Waals surface area contributed by atoms with Gasteiger partial charge in [-0.05, 0) is 55.5 Å². The van der Waals surface area contributed by atoms with Crippen molar-refractivity contribution in [2.24, 2.45) is 5.92 Å². The number of amides is 3. The lowest BCUT2D eigenvalue weighted by atomic mass is 9.95. The van der Waals surface area contributed by atoms with Crippen LogP contribution in [0.15, 0.2) is 47.2 Å². The Balaban J connectivity index is 1.29. The number of aryl methyl sites for hydroxylation is 1. The first-order chi connectivity index (χ1) is 15.0. The van der Waals surface area contributed by atoms with Gasteiger partial charge in [-0.15, -0.1) is 22.7 Å². The summed E-state index contributed by atoms with van der Waals surface area (Å²) in [5.74, 6) is -0.386. The molecule has 1 aromatic carbocycles. The van der Waals surface area contributed by atoms with Gasteiger partial charge in [0.25, 0.3) is 11.8 Å². The number of thiazole rings is 1. The number of benzene rings is 1. The minimum atomic E-state index is -0.165. The fourth-order valence-electron chi connectivity index (χ4n) is 3.44. The van der Waals surface area contributed by atoms with Gasteiger partial charge in [0.1, 0.15) is 0 Å². The molecule has 1 aliphatic heterocycles. The van der Waals surface area contributed by atoms with Gasteiger partial charge in [-0.2, -0.15) is 0 Å². The van der Waals surface area contributed by atoms with Gasteiger partial charge in [0.2, 0.25) is 5.91 Å². The molecular weight excluding hydrogens is 432 g/mol. The number of rotatable bonds is 5. The standard InChI is InChI=1S/C22H22N4O3S2/c1-14-13-31-22(23-14)25-19(27)15-8-10-26(11-9-15)21(29)16-4-6-17(7-5-16)24-20(28)18-3-2-12-30-18/h2-7,12-13,15H,8-11H2,1H3,(H,24,28)(H,23,25,27). The van der Waals surface area contributed by atoms with E-state index in [2.05, 4.69) is 15.6 Å². The number of hydrogen-bond donors (Lipinski definition) is 2. The molecule has 0 aliphatic carbocycles. The highest BCUT2D eigenvalue weighted by Gasteiger charge is 2.28. The molecule has 3 heterocycles. The molecule has 1 saturated heterocycles. The molecule has 7 nitrogen and oxygen atoms in total. The Hall–Kier alpha value is -3.04. The Morgan fingerprint density at radius 1 is 1.03 bits per heavy atom. The molecule has 3 amide bonds. The molecule has 31 heavy (non-hydrogen) atoms. The van der Waals surface area contributed by atoms with Crippen molar-refractivity contribution in [3.05, 3.63) is 63.3 Å². The van der Waals surface area contributed by atoms with Crippen LogP contribution in [0, 0.1) is 12.8 Å². The van der Waals surface area contributed by atoms with Crippen molar-refractivity contribution < 1.29 is 14.4 Å². The zero-order valence-corrected chi connectivity index (χ0v) is 18.6. The van der Waals surface area contributed by atoms with Crippen molar-refractivity contribution in [2.45, 2.75) is 19.8 Å². The fourth-order valence-corrected chi connectivity index (χ4v) is 4.75. The van der Waals surface area contributed by atoms with Crippen LogP contribution >= 0.6 is 22.7 Å². The van der Waals surface area contributed by atoms with E-state index in [0.29, 0.717) is 47.2 Å². The predicted octanol–water partition coefficient (Wildman–Crippen LogP) is 4.26. The maximum absolute atomic E-state index is 12.8. The number of carbonyl (C=O) groups is 3. The summed E-state index contributed by atoms with van der Waals surface area (Å²) in [4.78, 5) is 44.1. The summed E-state index contributed by atoms with van der Waals surface area (Å²) in [7, 11) is 0. The predicted molar refractivity (Wildman–Crippen MR) is 123 cm³/mol. The van der Waals surface area contributed by atoms with Gasteiger partial charge >= 0.3 is 0 Å². The second-order valence-corrected chi connectivity index (χ2v) is 9.16. The molecule has 160 valence electrons. The molecule has 3 aromatic rings. The average molecular weight is 455 g/mol. The number of carbonyl (C=O) groups excluding carboxylic acids is 3. The maximum atomic E-state index is 12.8. The molecule has 2 aromatic heterocycles. The highest BCUT2D eigenvalue weighted by molar-refractivity contribution is 7.14. The van der Waals surface area contributed by atoms with Crippen LogP contribution in [0.1, 0.15) is 38.6 Å². The van der Waals surface area contributed by atoms with Crippen molar-refractivity contribution in [2.75, 3.05) is 23.7 Å². The van der Waals surface area contributed by atoms with E-state index in [9.17, 15) is 14.4 Å². The van der Waals surface area contributed by atoms with E-state index in [1.807, 2.05) is 23.8 Å². The van der Waals surface area contributed by atoms with Crippen LogP contribution in [-0.2, 0) is 4.79 Å². The molecule has 9 heteroatoms. The van der Waals surface area contributed by atoms with E-state index in [-0.39, 0.29) is 23.6 Å². The number of piperidine rings is 1. The summed E-state index contributed by atoms with van der Waals surface area (Å²) in [6, 6.07) is 10.5. The molecule has 1 fully saturated rings. The lowest BCUT2D eigenvalue weighted by Gasteiger charge is -2.31. The summed E-state index contributed by atoms with van der Waals surface area (Å²) in [5, 5.41) is 10.1. The smallest absolute Gasteiger partial charge is 0.265 e. The Morgan fingerprint density at radius 2 is 1.77 bits per heavy atom. The molecule has 0 radical (unpaired) electrons. The number of nitrogens with one attached hydrogen (secondary N) is 2. The van der Waals surface area contributed by atoms with Gasteiger partial charge in [-0.3, -0.25) is 14.4 Å². The quantitative estimate of drug-likeness (QED) is 0.603. The molecular formula is C22H22N4O3S2. The maximum Gasteiger partial charge on any atom is 0.265 e. The molecule has 0 spiro atoms. The zero-order valence-electron chi connectivity index (χ0n) is 17.0. The highest BCUT2D eigenvalue weighted by Crippen LogP contribution is 2.23.